The van der Waals surface area contributed by atoms with Crippen molar-refractivity contribution < 1.29 is 17.6 Å². The second kappa shape index (κ2) is 5.26. The fourth-order valence-electron chi connectivity index (χ4n) is 2.11. The first-order valence-corrected chi connectivity index (χ1v) is 7.46. The number of carbonyl (C=O) groups is 1. The number of halogens is 1. The van der Waals surface area contributed by atoms with E-state index >= 15 is 0 Å². The van der Waals surface area contributed by atoms with Crippen molar-refractivity contribution in [2.24, 2.45) is 5.73 Å². The van der Waals surface area contributed by atoms with E-state index in [1.807, 2.05) is 0 Å². The molecule has 0 spiro atoms. The van der Waals surface area contributed by atoms with E-state index in [4.69, 9.17) is 5.73 Å². The van der Waals surface area contributed by atoms with Gasteiger partial charge in [-0.15, -0.1) is 0 Å². The predicted molar refractivity (Wildman–Crippen MR) is 67.5 cm³/mol. The van der Waals surface area contributed by atoms with Gasteiger partial charge in [0, 0.05) is 13.1 Å². The molecular weight excluding hydrogens is 271 g/mol. The van der Waals surface area contributed by atoms with Crippen LogP contribution in [0.15, 0.2) is 23.1 Å². The fourth-order valence-corrected chi connectivity index (χ4v) is 3.65. The van der Waals surface area contributed by atoms with Crippen molar-refractivity contribution in [2.45, 2.75) is 24.2 Å². The molecule has 0 unspecified atom stereocenters. The zero-order valence-corrected chi connectivity index (χ0v) is 11.1. The van der Waals surface area contributed by atoms with E-state index in [1.165, 1.54) is 4.31 Å². The molecule has 7 heteroatoms. The van der Waals surface area contributed by atoms with Crippen LogP contribution in [-0.2, 0) is 10.0 Å². The van der Waals surface area contributed by atoms with Crippen molar-refractivity contribution in [3.8, 4) is 0 Å². The van der Waals surface area contributed by atoms with Gasteiger partial charge in [0.05, 0.1) is 10.5 Å². The lowest BCUT2D eigenvalue weighted by atomic mass is 10.2. The molecule has 5 nitrogen and oxygen atoms in total. The van der Waals surface area contributed by atoms with Crippen molar-refractivity contribution in [1.29, 1.82) is 0 Å². The second-order valence-electron chi connectivity index (χ2n) is 4.47. The highest BCUT2D eigenvalue weighted by atomic mass is 32.2. The third-order valence-corrected chi connectivity index (χ3v) is 5.05. The van der Waals surface area contributed by atoms with Gasteiger partial charge < -0.3 is 5.73 Å². The Labute approximate surface area is 111 Å². The number of nitrogens with two attached hydrogens (primary N) is 1. The Kier molecular flexibility index (Phi) is 3.86. The van der Waals surface area contributed by atoms with Gasteiger partial charge >= 0.3 is 0 Å². The molecule has 1 aromatic carbocycles. The first-order chi connectivity index (χ1) is 8.93. The number of hydrogen-bond donors (Lipinski definition) is 1. The summed E-state index contributed by atoms with van der Waals surface area (Å²) in [6, 6.07) is 3.12. The van der Waals surface area contributed by atoms with Crippen molar-refractivity contribution in [3.63, 3.8) is 0 Å². The Bertz CT molecular complexity index is 595. The first-order valence-electron chi connectivity index (χ1n) is 6.02. The number of rotatable bonds is 3. The molecule has 0 aromatic heterocycles. The van der Waals surface area contributed by atoms with E-state index in [1.54, 1.807) is 0 Å². The summed E-state index contributed by atoms with van der Waals surface area (Å²) in [4.78, 5) is 11.0. The molecule has 1 aromatic rings. The molecule has 19 heavy (non-hydrogen) atoms. The SMILES string of the molecule is NC(=O)c1cc(S(=O)(=O)N2CCCCC2)ccc1F. The summed E-state index contributed by atoms with van der Waals surface area (Å²) in [5.74, 6) is -1.79. The maximum Gasteiger partial charge on any atom is 0.251 e. The summed E-state index contributed by atoms with van der Waals surface area (Å²) < 4.78 is 39.3. The van der Waals surface area contributed by atoms with Gasteiger partial charge in [0.2, 0.25) is 10.0 Å². The smallest absolute Gasteiger partial charge is 0.251 e. The molecular formula is C12H15FN2O3S. The van der Waals surface area contributed by atoms with Crippen LogP contribution in [0.1, 0.15) is 29.6 Å². The minimum absolute atomic E-state index is 0.0930. The maximum atomic E-state index is 13.3. The summed E-state index contributed by atoms with van der Waals surface area (Å²) >= 11 is 0. The van der Waals surface area contributed by atoms with Crippen LogP contribution in [0.25, 0.3) is 0 Å². The third-order valence-electron chi connectivity index (χ3n) is 3.16. The minimum Gasteiger partial charge on any atom is -0.366 e. The van der Waals surface area contributed by atoms with Gasteiger partial charge in [-0.3, -0.25) is 4.79 Å². The molecule has 0 atom stereocenters. The average Bonchev–Trinajstić information content (AvgIpc) is 2.39. The number of benzene rings is 1. The summed E-state index contributed by atoms with van der Waals surface area (Å²) in [6.45, 7) is 0.900. The molecule has 0 aliphatic carbocycles. The van der Waals surface area contributed by atoms with Crippen LogP contribution in [0.5, 0.6) is 0 Å². The average molecular weight is 286 g/mol. The predicted octanol–water partition coefficient (Wildman–Crippen LogP) is 1.10. The van der Waals surface area contributed by atoms with Gasteiger partial charge in [-0.2, -0.15) is 4.31 Å². The van der Waals surface area contributed by atoms with Gasteiger partial charge in [-0.1, -0.05) is 6.42 Å². The van der Waals surface area contributed by atoms with E-state index in [0.717, 1.165) is 37.5 Å². The molecule has 1 amide bonds. The Morgan fingerprint density at radius 2 is 1.84 bits per heavy atom. The third kappa shape index (κ3) is 2.76. The lowest BCUT2D eigenvalue weighted by Crippen LogP contribution is -2.35. The van der Waals surface area contributed by atoms with Crippen LogP contribution in [0.3, 0.4) is 0 Å². The molecule has 1 saturated heterocycles. The fraction of sp³-hybridized carbons (Fsp3) is 0.417. The van der Waals surface area contributed by atoms with E-state index < -0.39 is 27.3 Å². The van der Waals surface area contributed by atoms with Crippen LogP contribution in [0.2, 0.25) is 0 Å². The number of nitrogens with zero attached hydrogens (tertiary/aromatic N) is 1. The number of hydrogen-bond acceptors (Lipinski definition) is 3. The second-order valence-corrected chi connectivity index (χ2v) is 6.41. The van der Waals surface area contributed by atoms with E-state index in [9.17, 15) is 17.6 Å². The van der Waals surface area contributed by atoms with E-state index in [2.05, 4.69) is 0 Å². The molecule has 1 aliphatic rings. The number of sulfonamides is 1. The number of amides is 1. The molecule has 2 N–H and O–H groups in total. The molecule has 2 rings (SSSR count). The normalized spacial score (nSPS) is 17.3. The Morgan fingerprint density at radius 3 is 2.42 bits per heavy atom. The molecule has 1 fully saturated rings. The summed E-state index contributed by atoms with van der Waals surface area (Å²) in [5, 5.41) is 0. The first kappa shape index (κ1) is 14.0. The minimum atomic E-state index is -3.68. The number of primary amides is 1. The molecule has 1 aliphatic heterocycles. The Morgan fingerprint density at radius 1 is 1.21 bits per heavy atom. The lowest BCUT2D eigenvalue weighted by Gasteiger charge is -2.26. The summed E-state index contributed by atoms with van der Waals surface area (Å²) in [7, 11) is -3.68. The van der Waals surface area contributed by atoms with Crippen LogP contribution >= 0.6 is 0 Å². The maximum absolute atomic E-state index is 13.3. The highest BCUT2D eigenvalue weighted by Gasteiger charge is 2.27. The number of piperidine rings is 1. The van der Waals surface area contributed by atoms with Crippen LogP contribution < -0.4 is 5.73 Å². The van der Waals surface area contributed by atoms with Crippen molar-refractivity contribution in [3.05, 3.63) is 29.6 Å². The molecule has 0 saturated carbocycles. The van der Waals surface area contributed by atoms with Crippen molar-refractivity contribution in [1.82, 2.24) is 4.31 Å². The highest BCUT2D eigenvalue weighted by Crippen LogP contribution is 2.22. The quantitative estimate of drug-likeness (QED) is 0.903. The van der Waals surface area contributed by atoms with Crippen LogP contribution in [0, 0.1) is 5.82 Å². The largest absolute Gasteiger partial charge is 0.366 e. The van der Waals surface area contributed by atoms with Crippen LogP contribution in [-0.4, -0.2) is 31.7 Å². The van der Waals surface area contributed by atoms with Gasteiger partial charge in [0.15, 0.2) is 0 Å². The van der Waals surface area contributed by atoms with Gasteiger partial charge in [-0.25, -0.2) is 12.8 Å². The Hall–Kier alpha value is -1.47. The zero-order chi connectivity index (χ0) is 14.0. The summed E-state index contributed by atoms with van der Waals surface area (Å²) in [5.41, 5.74) is 4.61. The molecule has 104 valence electrons. The standard InChI is InChI=1S/C12H15FN2O3S/c13-11-5-4-9(8-10(11)12(14)16)19(17,18)15-6-2-1-3-7-15/h4-5,8H,1-3,6-7H2,(H2,14,16). The zero-order valence-electron chi connectivity index (χ0n) is 10.3. The van der Waals surface area contributed by atoms with Gasteiger partial charge in [0.1, 0.15) is 5.82 Å². The Balaban J connectivity index is 2.40. The van der Waals surface area contributed by atoms with Gasteiger partial charge in [-0.05, 0) is 31.0 Å². The van der Waals surface area contributed by atoms with E-state index in [0.29, 0.717) is 13.1 Å². The highest BCUT2D eigenvalue weighted by molar-refractivity contribution is 7.89. The molecule has 0 radical (unpaired) electrons. The molecule has 1 heterocycles. The number of carbonyl (C=O) groups excluding carboxylic acids is 1. The van der Waals surface area contributed by atoms with Gasteiger partial charge in [0.25, 0.3) is 5.91 Å². The van der Waals surface area contributed by atoms with Crippen molar-refractivity contribution >= 4 is 15.9 Å². The topological polar surface area (TPSA) is 80.5 Å². The monoisotopic (exact) mass is 286 g/mol. The summed E-state index contributed by atoms with van der Waals surface area (Å²) in [6.07, 6.45) is 2.62. The van der Waals surface area contributed by atoms with E-state index in [-0.39, 0.29) is 4.90 Å². The molecule has 0 bridgehead atoms. The lowest BCUT2D eigenvalue weighted by molar-refractivity contribution is 0.0996. The van der Waals surface area contributed by atoms with Crippen LogP contribution in [0.4, 0.5) is 4.39 Å². The van der Waals surface area contributed by atoms with Crippen molar-refractivity contribution in [2.75, 3.05) is 13.1 Å².